The monoisotopic (exact) mass is 418 g/mol. The van der Waals surface area contributed by atoms with Crippen LogP contribution in [0.15, 0.2) is 59.6 Å². The van der Waals surface area contributed by atoms with E-state index in [2.05, 4.69) is 20.4 Å². The van der Waals surface area contributed by atoms with E-state index in [4.69, 9.17) is 0 Å². The lowest BCUT2D eigenvalue weighted by Gasteiger charge is -2.22. The summed E-state index contributed by atoms with van der Waals surface area (Å²) in [5, 5.41) is 6.08. The fourth-order valence-corrected chi connectivity index (χ4v) is 2.74. The summed E-state index contributed by atoms with van der Waals surface area (Å²) >= 11 is 0. The number of carbonyl (C=O) groups is 1. The third-order valence-corrected chi connectivity index (χ3v) is 4.20. The van der Waals surface area contributed by atoms with Gasteiger partial charge in [-0.2, -0.15) is 8.78 Å². The standard InChI is InChI=1S/C22H28F2N4O2/c1-3-25-22(26-14-13-20(29)27-15-17-7-5-4-6-8-17)28(2)16-18-9-11-19(12-10-18)30-21(23)24/h4-12,21H,3,13-16H2,1-2H3,(H,25,26)(H,27,29). The molecule has 0 saturated carbocycles. The van der Waals surface area contributed by atoms with Crippen molar-refractivity contribution in [2.24, 2.45) is 4.99 Å². The van der Waals surface area contributed by atoms with Crippen molar-refractivity contribution >= 4 is 11.9 Å². The molecule has 8 heteroatoms. The zero-order valence-corrected chi connectivity index (χ0v) is 17.3. The molecular formula is C22H28F2N4O2. The highest BCUT2D eigenvalue weighted by atomic mass is 19.3. The summed E-state index contributed by atoms with van der Waals surface area (Å²) in [4.78, 5) is 18.5. The Kier molecular flexibility index (Phi) is 9.57. The minimum absolute atomic E-state index is 0.0595. The number of nitrogens with one attached hydrogen (secondary N) is 2. The molecule has 2 rings (SSSR count). The third kappa shape index (κ3) is 8.46. The fraction of sp³-hybridized carbons (Fsp3) is 0.364. The quantitative estimate of drug-likeness (QED) is 0.459. The fourth-order valence-electron chi connectivity index (χ4n) is 2.74. The summed E-state index contributed by atoms with van der Waals surface area (Å²) in [5.74, 6) is 0.732. The van der Waals surface area contributed by atoms with Crippen LogP contribution in [0.3, 0.4) is 0 Å². The van der Waals surface area contributed by atoms with Crippen LogP contribution in [0, 0.1) is 0 Å². The second kappa shape index (κ2) is 12.4. The number of halogens is 2. The number of amides is 1. The van der Waals surface area contributed by atoms with Gasteiger partial charge in [0.05, 0.1) is 6.54 Å². The predicted octanol–water partition coefficient (Wildman–Crippen LogP) is 3.39. The molecule has 2 aromatic rings. The lowest BCUT2D eigenvalue weighted by molar-refractivity contribution is -0.121. The van der Waals surface area contributed by atoms with Crippen LogP contribution in [0.25, 0.3) is 0 Å². The number of aliphatic imine (C=N–C) groups is 1. The van der Waals surface area contributed by atoms with Crippen molar-refractivity contribution in [1.29, 1.82) is 0 Å². The highest BCUT2D eigenvalue weighted by Gasteiger charge is 2.09. The molecule has 0 aromatic heterocycles. The minimum atomic E-state index is -2.84. The first-order valence-corrected chi connectivity index (χ1v) is 9.81. The summed E-state index contributed by atoms with van der Waals surface area (Å²) in [6.45, 7) is 1.19. The van der Waals surface area contributed by atoms with Crippen LogP contribution in [0.5, 0.6) is 5.75 Å². The molecule has 0 saturated heterocycles. The van der Waals surface area contributed by atoms with Gasteiger partial charge in [-0.05, 0) is 30.2 Å². The maximum atomic E-state index is 12.2. The maximum Gasteiger partial charge on any atom is 0.387 e. The second-order valence-electron chi connectivity index (χ2n) is 6.63. The number of ether oxygens (including phenoxy) is 1. The van der Waals surface area contributed by atoms with Gasteiger partial charge in [0.2, 0.25) is 5.91 Å². The van der Waals surface area contributed by atoms with Crippen LogP contribution in [-0.2, 0) is 17.9 Å². The number of rotatable bonds is 10. The van der Waals surface area contributed by atoms with Crippen molar-refractivity contribution in [3.63, 3.8) is 0 Å². The summed E-state index contributed by atoms with van der Waals surface area (Å²) in [6, 6.07) is 16.2. The van der Waals surface area contributed by atoms with Gasteiger partial charge < -0.3 is 20.3 Å². The zero-order chi connectivity index (χ0) is 21.8. The molecule has 0 aliphatic heterocycles. The van der Waals surface area contributed by atoms with Gasteiger partial charge in [-0.25, -0.2) is 0 Å². The lowest BCUT2D eigenvalue weighted by Crippen LogP contribution is -2.38. The van der Waals surface area contributed by atoms with E-state index in [9.17, 15) is 13.6 Å². The molecule has 0 atom stereocenters. The smallest absolute Gasteiger partial charge is 0.387 e. The molecule has 0 spiro atoms. The average molecular weight is 418 g/mol. The molecule has 162 valence electrons. The maximum absolute atomic E-state index is 12.2. The Morgan fingerprint density at radius 3 is 2.40 bits per heavy atom. The number of hydrogen-bond donors (Lipinski definition) is 2. The lowest BCUT2D eigenvalue weighted by atomic mass is 10.2. The van der Waals surface area contributed by atoms with Gasteiger partial charge in [0, 0.05) is 33.1 Å². The number of guanidine groups is 1. The number of alkyl halides is 2. The average Bonchev–Trinajstić information content (AvgIpc) is 2.73. The number of nitrogens with zero attached hydrogens (tertiary/aromatic N) is 2. The van der Waals surface area contributed by atoms with Gasteiger partial charge in [-0.3, -0.25) is 9.79 Å². The van der Waals surface area contributed by atoms with Crippen molar-refractivity contribution in [3.05, 3.63) is 65.7 Å². The zero-order valence-electron chi connectivity index (χ0n) is 17.3. The van der Waals surface area contributed by atoms with Crippen LogP contribution in [-0.4, -0.2) is 43.5 Å². The molecule has 0 aliphatic rings. The van der Waals surface area contributed by atoms with Crippen molar-refractivity contribution in [2.75, 3.05) is 20.1 Å². The molecule has 30 heavy (non-hydrogen) atoms. The van der Waals surface area contributed by atoms with E-state index in [1.54, 1.807) is 12.1 Å². The van der Waals surface area contributed by atoms with E-state index in [1.165, 1.54) is 12.1 Å². The molecule has 2 aromatic carbocycles. The Labute approximate surface area is 175 Å². The molecule has 0 bridgehead atoms. The van der Waals surface area contributed by atoms with Crippen LogP contribution in [0.2, 0.25) is 0 Å². The largest absolute Gasteiger partial charge is 0.435 e. The highest BCUT2D eigenvalue weighted by molar-refractivity contribution is 5.80. The molecule has 1 amide bonds. The number of carbonyl (C=O) groups excluding carboxylic acids is 1. The molecule has 0 radical (unpaired) electrons. The van der Waals surface area contributed by atoms with Crippen LogP contribution < -0.4 is 15.4 Å². The van der Waals surface area contributed by atoms with Crippen molar-refractivity contribution in [3.8, 4) is 5.75 Å². The first-order valence-electron chi connectivity index (χ1n) is 9.81. The normalized spacial score (nSPS) is 11.3. The van der Waals surface area contributed by atoms with Crippen LogP contribution in [0.4, 0.5) is 8.78 Å². The van der Waals surface area contributed by atoms with E-state index in [0.717, 1.165) is 11.1 Å². The SMILES string of the molecule is CCNC(=NCCC(=O)NCc1ccccc1)N(C)Cc1ccc(OC(F)F)cc1. The van der Waals surface area contributed by atoms with Crippen molar-refractivity contribution in [2.45, 2.75) is 33.0 Å². The number of hydrogen-bond acceptors (Lipinski definition) is 3. The van der Waals surface area contributed by atoms with E-state index in [0.29, 0.717) is 32.1 Å². The Morgan fingerprint density at radius 1 is 1.07 bits per heavy atom. The van der Waals surface area contributed by atoms with E-state index in [1.807, 2.05) is 49.2 Å². The molecule has 0 aliphatic carbocycles. The number of benzene rings is 2. The summed E-state index contributed by atoms with van der Waals surface area (Å²) in [7, 11) is 1.88. The molecule has 6 nitrogen and oxygen atoms in total. The Morgan fingerprint density at radius 2 is 1.77 bits per heavy atom. The molecule has 0 fully saturated rings. The first kappa shape index (κ1) is 23.1. The van der Waals surface area contributed by atoms with Gasteiger partial charge in [-0.15, -0.1) is 0 Å². The summed E-state index contributed by atoms with van der Waals surface area (Å²) in [5.41, 5.74) is 1.97. The van der Waals surface area contributed by atoms with E-state index < -0.39 is 6.61 Å². The Bertz CT molecular complexity index is 799. The Hall–Kier alpha value is -3.16. The Balaban J connectivity index is 1.83. The first-order chi connectivity index (χ1) is 14.5. The van der Waals surface area contributed by atoms with Crippen LogP contribution in [0.1, 0.15) is 24.5 Å². The van der Waals surface area contributed by atoms with Gasteiger partial charge in [0.25, 0.3) is 0 Å². The summed E-state index contributed by atoms with van der Waals surface area (Å²) < 4.78 is 28.9. The molecule has 0 heterocycles. The predicted molar refractivity (Wildman–Crippen MR) is 113 cm³/mol. The van der Waals surface area contributed by atoms with Gasteiger partial charge in [0.1, 0.15) is 5.75 Å². The molecule has 0 unspecified atom stereocenters. The van der Waals surface area contributed by atoms with Crippen molar-refractivity contribution in [1.82, 2.24) is 15.5 Å². The molecule has 2 N–H and O–H groups in total. The van der Waals surface area contributed by atoms with Gasteiger partial charge in [0.15, 0.2) is 5.96 Å². The van der Waals surface area contributed by atoms with Crippen LogP contribution >= 0.6 is 0 Å². The van der Waals surface area contributed by atoms with Gasteiger partial charge >= 0.3 is 6.61 Å². The topological polar surface area (TPSA) is 66.0 Å². The van der Waals surface area contributed by atoms with E-state index in [-0.39, 0.29) is 18.1 Å². The van der Waals surface area contributed by atoms with Gasteiger partial charge in [-0.1, -0.05) is 42.5 Å². The second-order valence-corrected chi connectivity index (χ2v) is 6.63. The van der Waals surface area contributed by atoms with E-state index >= 15 is 0 Å². The highest BCUT2D eigenvalue weighted by Crippen LogP contribution is 2.15. The molecular weight excluding hydrogens is 390 g/mol. The third-order valence-electron chi connectivity index (χ3n) is 4.20. The minimum Gasteiger partial charge on any atom is -0.435 e. The van der Waals surface area contributed by atoms with Crippen molar-refractivity contribution < 1.29 is 18.3 Å². The summed E-state index contributed by atoms with van der Waals surface area (Å²) in [6.07, 6.45) is 0.287.